The number of hydrogen-bond donors (Lipinski definition) is 3. The second-order valence-corrected chi connectivity index (χ2v) is 6.55. The van der Waals surface area contributed by atoms with Crippen molar-refractivity contribution in [1.82, 2.24) is 10.2 Å². The van der Waals surface area contributed by atoms with Crippen LogP contribution in [0.1, 0.15) is 32.6 Å². The molecule has 2 fully saturated rings. The number of rotatable bonds is 5. The smallest absolute Gasteiger partial charge is 0.409 e. The number of nitrogens with zero attached hydrogens (tertiary/aromatic N) is 1. The van der Waals surface area contributed by atoms with Gasteiger partial charge in [-0.3, -0.25) is 0 Å². The Balaban J connectivity index is 1.42. The van der Waals surface area contributed by atoms with E-state index in [9.17, 15) is 9.59 Å². The van der Waals surface area contributed by atoms with Gasteiger partial charge in [0.05, 0.1) is 6.61 Å². The van der Waals surface area contributed by atoms with E-state index in [0.29, 0.717) is 31.8 Å². The van der Waals surface area contributed by atoms with Crippen LogP contribution < -0.4 is 16.0 Å². The van der Waals surface area contributed by atoms with Crippen LogP contribution in [0.3, 0.4) is 0 Å². The molecule has 3 N–H and O–H groups in total. The molecule has 7 heteroatoms. The van der Waals surface area contributed by atoms with Crippen molar-refractivity contribution < 1.29 is 14.3 Å². The van der Waals surface area contributed by atoms with Gasteiger partial charge in [0.1, 0.15) is 0 Å². The summed E-state index contributed by atoms with van der Waals surface area (Å²) < 4.78 is 5.03. The molecule has 0 aromatic heterocycles. The lowest BCUT2D eigenvalue weighted by Gasteiger charge is -2.32. The molecule has 2 aliphatic rings. The van der Waals surface area contributed by atoms with Crippen LogP contribution in [0, 0.1) is 0 Å². The summed E-state index contributed by atoms with van der Waals surface area (Å²) in [6, 6.07) is 8.25. The third-order valence-electron chi connectivity index (χ3n) is 4.45. The van der Waals surface area contributed by atoms with E-state index in [-0.39, 0.29) is 12.1 Å². The summed E-state index contributed by atoms with van der Waals surface area (Å²) in [6.07, 6.45) is 3.71. The SMILES string of the molecule is CCOC(=O)N1CCC(Nc2ccc(NC(=O)NC3CC3)cc2)CC1. The maximum absolute atomic E-state index is 11.7. The van der Waals surface area contributed by atoms with Gasteiger partial charge in [-0.1, -0.05) is 0 Å². The van der Waals surface area contributed by atoms with Crippen molar-refractivity contribution >= 4 is 23.5 Å². The van der Waals surface area contributed by atoms with E-state index < -0.39 is 0 Å². The zero-order chi connectivity index (χ0) is 17.6. The predicted molar refractivity (Wildman–Crippen MR) is 96.9 cm³/mol. The van der Waals surface area contributed by atoms with Crippen molar-refractivity contribution in [3.63, 3.8) is 0 Å². The highest BCUT2D eigenvalue weighted by atomic mass is 16.6. The minimum Gasteiger partial charge on any atom is -0.450 e. The highest BCUT2D eigenvalue weighted by molar-refractivity contribution is 5.89. The second-order valence-electron chi connectivity index (χ2n) is 6.55. The predicted octanol–water partition coefficient (Wildman–Crippen LogP) is 3.00. The van der Waals surface area contributed by atoms with Gasteiger partial charge in [0.2, 0.25) is 0 Å². The molecule has 1 saturated carbocycles. The van der Waals surface area contributed by atoms with Gasteiger partial charge in [-0.2, -0.15) is 0 Å². The van der Waals surface area contributed by atoms with Crippen molar-refractivity contribution in [2.24, 2.45) is 0 Å². The average molecular weight is 346 g/mol. The summed E-state index contributed by atoms with van der Waals surface area (Å²) in [7, 11) is 0. The third-order valence-corrected chi connectivity index (χ3v) is 4.45. The van der Waals surface area contributed by atoms with E-state index >= 15 is 0 Å². The lowest BCUT2D eigenvalue weighted by atomic mass is 10.0. The molecular formula is C18H26N4O3. The van der Waals surface area contributed by atoms with E-state index in [1.807, 2.05) is 31.2 Å². The van der Waals surface area contributed by atoms with E-state index in [4.69, 9.17) is 4.74 Å². The van der Waals surface area contributed by atoms with E-state index in [1.54, 1.807) is 4.90 Å². The minimum atomic E-state index is -0.221. The van der Waals surface area contributed by atoms with Crippen LogP contribution in [0.15, 0.2) is 24.3 Å². The van der Waals surface area contributed by atoms with Gasteiger partial charge in [0.25, 0.3) is 0 Å². The molecule has 1 heterocycles. The Bertz CT molecular complexity index is 593. The van der Waals surface area contributed by atoms with Crippen LogP contribution in [0.25, 0.3) is 0 Å². The highest BCUT2D eigenvalue weighted by Crippen LogP contribution is 2.21. The molecule has 7 nitrogen and oxygen atoms in total. The fourth-order valence-corrected chi connectivity index (χ4v) is 2.89. The number of benzene rings is 1. The number of likely N-dealkylation sites (tertiary alicyclic amines) is 1. The van der Waals surface area contributed by atoms with Gasteiger partial charge in [-0.05, 0) is 56.9 Å². The monoisotopic (exact) mass is 346 g/mol. The van der Waals surface area contributed by atoms with Crippen molar-refractivity contribution in [2.75, 3.05) is 30.3 Å². The molecular weight excluding hydrogens is 320 g/mol. The van der Waals surface area contributed by atoms with Gasteiger partial charge in [0.15, 0.2) is 0 Å². The first kappa shape index (κ1) is 17.4. The zero-order valence-electron chi connectivity index (χ0n) is 14.6. The van der Waals surface area contributed by atoms with Gasteiger partial charge < -0.3 is 25.6 Å². The van der Waals surface area contributed by atoms with Crippen LogP contribution >= 0.6 is 0 Å². The highest BCUT2D eigenvalue weighted by Gasteiger charge is 2.24. The standard InChI is InChI=1S/C18H26N4O3/c1-2-25-18(24)22-11-9-16(10-12-22)19-13-3-5-14(6-4-13)20-17(23)21-15-7-8-15/h3-6,15-16,19H,2,7-12H2,1H3,(H2,20,21,23). The minimum absolute atomic E-state index is 0.144. The molecule has 0 atom stereocenters. The van der Waals surface area contributed by atoms with Crippen molar-refractivity contribution in [3.8, 4) is 0 Å². The number of urea groups is 1. The summed E-state index contributed by atoms with van der Waals surface area (Å²) in [5.74, 6) is 0. The average Bonchev–Trinajstić information content (AvgIpc) is 3.41. The summed E-state index contributed by atoms with van der Waals surface area (Å²) in [4.78, 5) is 25.2. The normalized spacial score (nSPS) is 17.7. The van der Waals surface area contributed by atoms with Gasteiger partial charge >= 0.3 is 12.1 Å². The molecule has 3 amide bonds. The largest absolute Gasteiger partial charge is 0.450 e. The molecule has 25 heavy (non-hydrogen) atoms. The van der Waals surface area contributed by atoms with Crippen LogP contribution in [-0.4, -0.2) is 48.8 Å². The van der Waals surface area contributed by atoms with E-state index in [2.05, 4.69) is 16.0 Å². The molecule has 0 bridgehead atoms. The summed E-state index contributed by atoms with van der Waals surface area (Å²) in [5, 5.41) is 9.22. The van der Waals surface area contributed by atoms with Crippen molar-refractivity contribution in [1.29, 1.82) is 0 Å². The molecule has 0 spiro atoms. The molecule has 0 radical (unpaired) electrons. The molecule has 136 valence electrons. The molecule has 1 aromatic rings. The van der Waals surface area contributed by atoms with Crippen LogP contribution in [0.2, 0.25) is 0 Å². The molecule has 3 rings (SSSR count). The Morgan fingerprint density at radius 3 is 2.28 bits per heavy atom. The Morgan fingerprint density at radius 1 is 1.04 bits per heavy atom. The first-order chi connectivity index (χ1) is 12.1. The number of piperidine rings is 1. The molecule has 1 aromatic carbocycles. The Morgan fingerprint density at radius 2 is 1.68 bits per heavy atom. The fraction of sp³-hybridized carbons (Fsp3) is 0.556. The summed E-state index contributed by atoms with van der Waals surface area (Å²) in [5.41, 5.74) is 1.79. The van der Waals surface area contributed by atoms with Crippen molar-refractivity contribution in [3.05, 3.63) is 24.3 Å². The quantitative estimate of drug-likeness (QED) is 0.765. The molecule has 1 aliphatic carbocycles. The first-order valence-corrected chi connectivity index (χ1v) is 9.00. The van der Waals surface area contributed by atoms with Gasteiger partial charge in [0, 0.05) is 36.5 Å². The first-order valence-electron chi connectivity index (χ1n) is 9.00. The maximum atomic E-state index is 11.7. The van der Waals surface area contributed by atoms with Gasteiger partial charge in [-0.15, -0.1) is 0 Å². The van der Waals surface area contributed by atoms with E-state index in [0.717, 1.165) is 37.1 Å². The Labute approximate surface area is 148 Å². The van der Waals surface area contributed by atoms with E-state index in [1.165, 1.54) is 0 Å². The third kappa shape index (κ3) is 5.27. The number of anilines is 2. The molecule has 1 aliphatic heterocycles. The fourth-order valence-electron chi connectivity index (χ4n) is 2.89. The second kappa shape index (κ2) is 8.09. The number of amides is 3. The maximum Gasteiger partial charge on any atom is 0.409 e. The van der Waals surface area contributed by atoms with Gasteiger partial charge in [-0.25, -0.2) is 9.59 Å². The Kier molecular flexibility index (Phi) is 5.63. The summed E-state index contributed by atoms with van der Waals surface area (Å²) >= 11 is 0. The van der Waals surface area contributed by atoms with Crippen LogP contribution in [0.4, 0.5) is 21.0 Å². The number of hydrogen-bond acceptors (Lipinski definition) is 4. The number of nitrogens with one attached hydrogen (secondary N) is 3. The number of carbonyl (C=O) groups excluding carboxylic acids is 2. The molecule has 1 saturated heterocycles. The lowest BCUT2D eigenvalue weighted by Crippen LogP contribution is -2.42. The lowest BCUT2D eigenvalue weighted by molar-refractivity contribution is 0.0983. The van der Waals surface area contributed by atoms with Crippen molar-refractivity contribution in [2.45, 2.75) is 44.7 Å². The number of carbonyl (C=O) groups is 2. The Hall–Kier alpha value is -2.44. The summed E-state index contributed by atoms with van der Waals surface area (Å²) in [6.45, 7) is 3.64. The molecule has 0 unspecified atom stereocenters. The zero-order valence-corrected chi connectivity index (χ0v) is 14.6. The van der Waals surface area contributed by atoms with Crippen LogP contribution in [0.5, 0.6) is 0 Å². The number of ether oxygens (including phenoxy) is 1. The van der Waals surface area contributed by atoms with Crippen LogP contribution in [-0.2, 0) is 4.74 Å². The topological polar surface area (TPSA) is 82.7 Å².